The Labute approximate surface area is 122 Å². The second kappa shape index (κ2) is 5.66. The smallest absolute Gasteiger partial charge is 0.0701 e. The van der Waals surface area contributed by atoms with E-state index in [2.05, 4.69) is 63.1 Å². The van der Waals surface area contributed by atoms with Gasteiger partial charge in [-0.25, -0.2) is 0 Å². The van der Waals surface area contributed by atoms with Crippen molar-refractivity contribution < 1.29 is 0 Å². The van der Waals surface area contributed by atoms with Gasteiger partial charge >= 0.3 is 0 Å². The van der Waals surface area contributed by atoms with Crippen LogP contribution in [0.3, 0.4) is 0 Å². The van der Waals surface area contributed by atoms with Crippen LogP contribution in [0.15, 0.2) is 36.0 Å². The molecule has 0 bridgehead atoms. The fourth-order valence-corrected chi connectivity index (χ4v) is 2.79. The molecule has 1 N–H and O–H groups in total. The normalized spacial score (nSPS) is 17.6. The number of fused-ring (bicyclic) bond motifs is 1. The molecular weight excluding hydrogens is 244 g/mol. The fourth-order valence-electron chi connectivity index (χ4n) is 2.79. The van der Waals surface area contributed by atoms with Gasteiger partial charge in [-0.2, -0.15) is 0 Å². The van der Waals surface area contributed by atoms with E-state index in [9.17, 15) is 0 Å². The van der Waals surface area contributed by atoms with Gasteiger partial charge in [-0.15, -0.1) is 0 Å². The zero-order valence-electron chi connectivity index (χ0n) is 12.8. The van der Waals surface area contributed by atoms with Crippen LogP contribution in [0, 0.1) is 11.8 Å². The first kappa shape index (κ1) is 14.6. The summed E-state index contributed by atoms with van der Waals surface area (Å²) in [5, 5.41) is 3.46. The Kier molecular flexibility index (Phi) is 4.12. The molecule has 1 atom stereocenters. The molecule has 1 heterocycles. The van der Waals surface area contributed by atoms with Crippen molar-refractivity contribution in [3.05, 3.63) is 42.1 Å². The zero-order chi connectivity index (χ0) is 14.9. The third kappa shape index (κ3) is 2.55. The van der Waals surface area contributed by atoms with Crippen LogP contribution < -0.4 is 5.32 Å². The monoisotopic (exact) mass is 268 g/mol. The van der Waals surface area contributed by atoms with E-state index in [-0.39, 0.29) is 0 Å². The van der Waals surface area contributed by atoms with E-state index in [1.165, 1.54) is 5.56 Å². The molecular formula is C18H24N2. The van der Waals surface area contributed by atoms with Gasteiger partial charge in [0.2, 0.25) is 0 Å². The Bertz CT molecular complexity index is 567. The number of allylic oxidation sites excluding steroid dienone is 2. The number of benzene rings is 1. The second-order valence-corrected chi connectivity index (χ2v) is 5.85. The second-order valence-electron chi connectivity index (χ2n) is 5.85. The van der Waals surface area contributed by atoms with Crippen LogP contribution in [0.1, 0.15) is 38.3 Å². The Morgan fingerprint density at radius 1 is 1.45 bits per heavy atom. The van der Waals surface area contributed by atoms with Crippen LogP contribution in [0.4, 0.5) is 11.4 Å². The van der Waals surface area contributed by atoms with Gasteiger partial charge in [-0.1, -0.05) is 33.9 Å². The van der Waals surface area contributed by atoms with E-state index in [4.69, 9.17) is 0 Å². The van der Waals surface area contributed by atoms with Crippen LogP contribution in [0.2, 0.25) is 0 Å². The van der Waals surface area contributed by atoms with Crippen molar-refractivity contribution in [2.45, 2.75) is 33.6 Å². The molecule has 106 valence electrons. The lowest BCUT2D eigenvalue weighted by molar-refractivity contribution is 0.437. The topological polar surface area (TPSA) is 24.4 Å². The van der Waals surface area contributed by atoms with Gasteiger partial charge in [-0.3, -0.25) is 4.99 Å². The maximum Gasteiger partial charge on any atom is 0.0701 e. The standard InChI is InChI=1S/C18H24N2/c1-7-12(4)16-10-17-14(9-18(16)19-6)8-15(11(2)3)13(5)20-17/h9-11,15,20H,4-8H2,1-3H3. The molecule has 2 nitrogen and oxygen atoms in total. The van der Waals surface area contributed by atoms with Gasteiger partial charge in [-0.05, 0) is 48.7 Å². The van der Waals surface area contributed by atoms with Crippen molar-refractivity contribution in [1.82, 2.24) is 0 Å². The van der Waals surface area contributed by atoms with Gasteiger partial charge in [0, 0.05) is 22.9 Å². The van der Waals surface area contributed by atoms with Crippen LogP contribution in [-0.4, -0.2) is 6.72 Å². The average Bonchev–Trinajstić information content (AvgIpc) is 2.44. The highest BCUT2D eigenvalue weighted by Gasteiger charge is 2.25. The third-order valence-electron chi connectivity index (χ3n) is 4.19. The van der Waals surface area contributed by atoms with Crippen LogP contribution in [-0.2, 0) is 6.42 Å². The molecule has 1 unspecified atom stereocenters. The van der Waals surface area contributed by atoms with Crippen molar-refractivity contribution >= 4 is 23.7 Å². The van der Waals surface area contributed by atoms with E-state index in [1.54, 1.807) is 0 Å². The van der Waals surface area contributed by atoms with Crippen molar-refractivity contribution in [3.8, 4) is 0 Å². The van der Waals surface area contributed by atoms with Crippen LogP contribution in [0.5, 0.6) is 0 Å². The number of hydrogen-bond acceptors (Lipinski definition) is 2. The maximum absolute atomic E-state index is 4.18. The molecule has 1 aliphatic heterocycles. The Balaban J connectivity index is 2.48. The lowest BCUT2D eigenvalue weighted by atomic mass is 9.82. The van der Waals surface area contributed by atoms with Gasteiger partial charge in [0.25, 0.3) is 0 Å². The molecule has 1 aromatic rings. The fraction of sp³-hybridized carbons (Fsp3) is 0.389. The Morgan fingerprint density at radius 2 is 2.15 bits per heavy atom. The minimum absolute atomic E-state index is 0.473. The van der Waals surface area contributed by atoms with E-state index in [1.807, 2.05) is 0 Å². The van der Waals surface area contributed by atoms with Gasteiger partial charge < -0.3 is 5.32 Å². The minimum atomic E-state index is 0.473. The van der Waals surface area contributed by atoms with E-state index < -0.39 is 0 Å². The number of aliphatic imine (C=N–C) groups is 1. The zero-order valence-corrected chi connectivity index (χ0v) is 12.8. The number of anilines is 1. The number of hydrogen-bond donors (Lipinski definition) is 1. The Morgan fingerprint density at radius 3 is 2.70 bits per heavy atom. The first-order valence-electron chi connectivity index (χ1n) is 7.25. The average molecular weight is 268 g/mol. The van der Waals surface area contributed by atoms with E-state index >= 15 is 0 Å². The van der Waals surface area contributed by atoms with Gasteiger partial charge in [0.05, 0.1) is 5.69 Å². The van der Waals surface area contributed by atoms with E-state index in [0.29, 0.717) is 11.8 Å². The van der Waals surface area contributed by atoms with E-state index in [0.717, 1.165) is 41.1 Å². The summed E-state index contributed by atoms with van der Waals surface area (Å²) >= 11 is 0. The van der Waals surface area contributed by atoms with Crippen LogP contribution >= 0.6 is 0 Å². The molecule has 0 radical (unpaired) electrons. The molecule has 0 spiro atoms. The summed E-state index contributed by atoms with van der Waals surface area (Å²) in [7, 11) is 0. The maximum atomic E-state index is 4.18. The molecule has 0 fully saturated rings. The molecule has 2 rings (SSSR count). The largest absolute Gasteiger partial charge is 0.359 e. The third-order valence-corrected chi connectivity index (χ3v) is 4.19. The summed E-state index contributed by atoms with van der Waals surface area (Å²) in [5.41, 5.74) is 6.67. The van der Waals surface area contributed by atoms with Crippen molar-refractivity contribution in [1.29, 1.82) is 0 Å². The highest BCUT2D eigenvalue weighted by atomic mass is 14.9. The molecule has 20 heavy (non-hydrogen) atoms. The van der Waals surface area contributed by atoms with Gasteiger partial charge in [0.1, 0.15) is 0 Å². The quantitative estimate of drug-likeness (QED) is 0.746. The lowest BCUT2D eigenvalue weighted by Crippen LogP contribution is -2.24. The predicted octanol–water partition coefficient (Wildman–Crippen LogP) is 5.20. The van der Waals surface area contributed by atoms with Crippen molar-refractivity contribution in [2.75, 3.05) is 5.32 Å². The first-order valence-corrected chi connectivity index (χ1v) is 7.25. The van der Waals surface area contributed by atoms with Crippen LogP contribution in [0.25, 0.3) is 5.57 Å². The highest BCUT2D eigenvalue weighted by molar-refractivity contribution is 5.79. The molecule has 0 aromatic heterocycles. The molecule has 0 saturated heterocycles. The minimum Gasteiger partial charge on any atom is -0.359 e. The highest BCUT2D eigenvalue weighted by Crippen LogP contribution is 2.39. The lowest BCUT2D eigenvalue weighted by Gasteiger charge is -2.31. The molecule has 1 aliphatic rings. The SMILES string of the molecule is C=Nc1cc2c(cc1C(=C)CC)NC(=C)C(C(C)C)C2. The molecule has 0 saturated carbocycles. The van der Waals surface area contributed by atoms with Gasteiger partial charge in [0.15, 0.2) is 0 Å². The van der Waals surface area contributed by atoms with Crippen molar-refractivity contribution in [3.63, 3.8) is 0 Å². The molecule has 2 heteroatoms. The summed E-state index contributed by atoms with van der Waals surface area (Å²) in [5.74, 6) is 1.05. The molecule has 1 aromatic carbocycles. The number of nitrogens with one attached hydrogen (secondary N) is 1. The first-order chi connectivity index (χ1) is 9.47. The summed E-state index contributed by atoms with van der Waals surface area (Å²) in [6.45, 7) is 18.6. The summed E-state index contributed by atoms with van der Waals surface area (Å²) in [4.78, 5) is 4.18. The summed E-state index contributed by atoms with van der Waals surface area (Å²) in [6.07, 6.45) is 1.93. The van der Waals surface area contributed by atoms with Crippen molar-refractivity contribution in [2.24, 2.45) is 16.8 Å². The summed E-state index contributed by atoms with van der Waals surface area (Å²) < 4.78 is 0. The predicted molar refractivity (Wildman–Crippen MR) is 89.8 cm³/mol. The summed E-state index contributed by atoms with van der Waals surface area (Å²) in [6, 6.07) is 4.29. The number of nitrogens with zero attached hydrogens (tertiary/aromatic N) is 1. The number of rotatable bonds is 4. The molecule has 0 amide bonds. The molecule has 0 aliphatic carbocycles. The Hall–Kier alpha value is -1.83.